The Labute approximate surface area is 85.1 Å². The molecule has 0 aliphatic heterocycles. The van der Waals surface area contributed by atoms with Crippen LogP contribution in [0.3, 0.4) is 0 Å². The molecule has 0 N–H and O–H groups in total. The van der Waals surface area contributed by atoms with E-state index in [1.165, 1.54) is 12.8 Å². The Morgan fingerprint density at radius 2 is 1.57 bits per heavy atom. The Balaban J connectivity index is 1.86. The van der Waals surface area contributed by atoms with Crippen LogP contribution in [-0.2, 0) is 0 Å². The average molecular weight is 202 g/mol. The Bertz CT molecular complexity index is 202. The Morgan fingerprint density at radius 1 is 1.07 bits per heavy atom. The van der Waals surface area contributed by atoms with E-state index in [0.717, 1.165) is 24.7 Å². The van der Waals surface area contributed by atoms with Gasteiger partial charge in [-0.3, -0.25) is 0 Å². The lowest BCUT2D eigenvalue weighted by Crippen LogP contribution is -2.48. The number of halogens is 2. The van der Waals surface area contributed by atoms with Crippen LogP contribution in [0.4, 0.5) is 8.78 Å². The van der Waals surface area contributed by atoms with E-state index >= 15 is 0 Å². The van der Waals surface area contributed by atoms with Crippen LogP contribution in [-0.4, -0.2) is 5.92 Å². The van der Waals surface area contributed by atoms with Gasteiger partial charge in [0.1, 0.15) is 0 Å². The first-order valence-electron chi connectivity index (χ1n) is 5.80. The molecule has 2 heteroatoms. The minimum Gasteiger partial charge on any atom is -0.207 e. The maximum Gasteiger partial charge on any atom is 0.249 e. The Kier molecular flexibility index (Phi) is 2.36. The summed E-state index contributed by atoms with van der Waals surface area (Å²) in [5, 5.41) is 0. The van der Waals surface area contributed by atoms with Crippen LogP contribution < -0.4 is 0 Å². The highest BCUT2D eigenvalue weighted by Gasteiger charge is 2.56. The van der Waals surface area contributed by atoms with Gasteiger partial charge in [0, 0.05) is 12.8 Å². The van der Waals surface area contributed by atoms with Gasteiger partial charge in [-0.25, -0.2) is 8.78 Å². The molecule has 0 amide bonds. The predicted octanol–water partition coefficient (Wildman–Crippen LogP) is 4.25. The van der Waals surface area contributed by atoms with Gasteiger partial charge >= 0.3 is 0 Å². The highest BCUT2D eigenvalue weighted by Crippen LogP contribution is 2.60. The van der Waals surface area contributed by atoms with Crippen molar-refractivity contribution >= 4 is 0 Å². The maximum atomic E-state index is 12.8. The van der Waals surface area contributed by atoms with E-state index in [0.29, 0.717) is 0 Å². The largest absolute Gasteiger partial charge is 0.249 e. The molecule has 0 bridgehead atoms. The molecule has 0 unspecified atom stereocenters. The van der Waals surface area contributed by atoms with Crippen molar-refractivity contribution in [3.63, 3.8) is 0 Å². The zero-order valence-electron chi connectivity index (χ0n) is 9.15. The molecule has 0 radical (unpaired) electrons. The lowest BCUT2D eigenvalue weighted by molar-refractivity contribution is -0.177. The quantitative estimate of drug-likeness (QED) is 0.596. The van der Waals surface area contributed by atoms with Gasteiger partial charge in [0.05, 0.1) is 0 Å². The molecule has 0 aromatic heterocycles. The van der Waals surface area contributed by atoms with E-state index in [2.05, 4.69) is 13.8 Å². The monoisotopic (exact) mass is 202 g/mol. The van der Waals surface area contributed by atoms with Crippen molar-refractivity contribution in [1.82, 2.24) is 0 Å². The van der Waals surface area contributed by atoms with Gasteiger partial charge in [-0.15, -0.1) is 0 Å². The summed E-state index contributed by atoms with van der Waals surface area (Å²) in [6.07, 6.45) is 4.79. The van der Waals surface area contributed by atoms with Crippen molar-refractivity contribution in [1.29, 1.82) is 0 Å². The van der Waals surface area contributed by atoms with E-state index in [1.54, 1.807) is 0 Å². The summed E-state index contributed by atoms with van der Waals surface area (Å²) >= 11 is 0. The Hall–Kier alpha value is -0.140. The molecular weight excluding hydrogens is 182 g/mol. The standard InChI is InChI=1S/C12H20F2/c1-9(2)10-3-5-11(6-4-10)7-12(13,14)8-11/h9-10H,3-8H2,1-2H3. The molecule has 0 aromatic carbocycles. The van der Waals surface area contributed by atoms with Crippen molar-refractivity contribution in [2.24, 2.45) is 17.3 Å². The van der Waals surface area contributed by atoms with Gasteiger partial charge in [-0.1, -0.05) is 13.8 Å². The molecule has 2 aliphatic rings. The molecule has 0 heterocycles. The van der Waals surface area contributed by atoms with Gasteiger partial charge in [0.2, 0.25) is 5.92 Å². The molecular formula is C12H20F2. The van der Waals surface area contributed by atoms with Gasteiger partial charge in [-0.05, 0) is 42.9 Å². The Morgan fingerprint density at radius 3 is 1.93 bits per heavy atom. The van der Waals surface area contributed by atoms with Crippen molar-refractivity contribution < 1.29 is 8.78 Å². The topological polar surface area (TPSA) is 0 Å². The van der Waals surface area contributed by atoms with Gasteiger partial charge in [-0.2, -0.15) is 0 Å². The van der Waals surface area contributed by atoms with Gasteiger partial charge < -0.3 is 0 Å². The molecule has 14 heavy (non-hydrogen) atoms. The zero-order chi connectivity index (χ0) is 10.4. The summed E-state index contributed by atoms with van der Waals surface area (Å²) in [4.78, 5) is 0. The summed E-state index contributed by atoms with van der Waals surface area (Å²) in [5.74, 6) is -0.812. The number of hydrogen-bond acceptors (Lipinski definition) is 0. The van der Waals surface area contributed by atoms with Crippen LogP contribution in [0.2, 0.25) is 0 Å². The van der Waals surface area contributed by atoms with Crippen LogP contribution in [0.1, 0.15) is 52.4 Å². The van der Waals surface area contributed by atoms with E-state index < -0.39 is 5.92 Å². The minimum absolute atomic E-state index is 0.0505. The van der Waals surface area contributed by atoms with Crippen LogP contribution in [0.5, 0.6) is 0 Å². The number of rotatable bonds is 1. The van der Waals surface area contributed by atoms with E-state index in [4.69, 9.17) is 0 Å². The van der Waals surface area contributed by atoms with Crippen LogP contribution >= 0.6 is 0 Å². The zero-order valence-corrected chi connectivity index (χ0v) is 9.15. The molecule has 1 spiro atoms. The number of alkyl halides is 2. The fourth-order valence-corrected chi connectivity index (χ4v) is 3.32. The third-order valence-corrected chi connectivity index (χ3v) is 4.30. The summed E-state index contributed by atoms with van der Waals surface area (Å²) in [5.41, 5.74) is 0.0505. The van der Waals surface area contributed by atoms with E-state index in [9.17, 15) is 8.78 Å². The summed E-state index contributed by atoms with van der Waals surface area (Å²) < 4.78 is 25.6. The predicted molar refractivity (Wildman–Crippen MR) is 53.4 cm³/mol. The summed E-state index contributed by atoms with van der Waals surface area (Å²) in [6, 6.07) is 0. The van der Waals surface area contributed by atoms with Crippen LogP contribution in [0, 0.1) is 17.3 Å². The first-order valence-corrected chi connectivity index (χ1v) is 5.80. The third kappa shape index (κ3) is 1.80. The molecule has 0 nitrogen and oxygen atoms in total. The van der Waals surface area contributed by atoms with Gasteiger partial charge in [0.25, 0.3) is 0 Å². The highest BCUT2D eigenvalue weighted by molar-refractivity contribution is 5.01. The number of hydrogen-bond donors (Lipinski definition) is 0. The van der Waals surface area contributed by atoms with E-state index in [-0.39, 0.29) is 18.3 Å². The third-order valence-electron chi connectivity index (χ3n) is 4.30. The molecule has 0 aromatic rings. The average Bonchev–Trinajstić information content (AvgIpc) is 2.01. The smallest absolute Gasteiger partial charge is 0.207 e. The lowest BCUT2D eigenvalue weighted by atomic mass is 9.56. The van der Waals surface area contributed by atoms with Crippen molar-refractivity contribution in [2.75, 3.05) is 0 Å². The molecule has 0 atom stereocenters. The molecule has 2 saturated carbocycles. The van der Waals surface area contributed by atoms with Crippen molar-refractivity contribution in [3.8, 4) is 0 Å². The first kappa shape index (κ1) is 10.4. The SMILES string of the molecule is CC(C)C1CCC2(CC1)CC(F)(F)C2. The molecule has 2 rings (SSSR count). The maximum absolute atomic E-state index is 12.8. The molecule has 2 aliphatic carbocycles. The minimum atomic E-state index is -2.33. The second-order valence-electron chi connectivity index (χ2n) is 5.79. The molecule has 2 fully saturated rings. The highest BCUT2D eigenvalue weighted by atomic mass is 19.3. The second-order valence-corrected chi connectivity index (χ2v) is 5.79. The van der Waals surface area contributed by atoms with E-state index in [1.807, 2.05) is 0 Å². The summed E-state index contributed by atoms with van der Waals surface area (Å²) in [6.45, 7) is 4.50. The van der Waals surface area contributed by atoms with Gasteiger partial charge in [0.15, 0.2) is 0 Å². The lowest BCUT2D eigenvalue weighted by Gasteiger charge is -2.51. The van der Waals surface area contributed by atoms with Crippen LogP contribution in [0.25, 0.3) is 0 Å². The first-order chi connectivity index (χ1) is 6.43. The fourth-order valence-electron chi connectivity index (χ4n) is 3.32. The molecule has 0 saturated heterocycles. The summed E-state index contributed by atoms with van der Waals surface area (Å²) in [7, 11) is 0. The molecule has 82 valence electrons. The fraction of sp³-hybridized carbons (Fsp3) is 1.00. The second kappa shape index (κ2) is 3.18. The van der Waals surface area contributed by atoms with Crippen molar-refractivity contribution in [2.45, 2.75) is 58.3 Å². The normalized spacial score (nSPS) is 30.6. The van der Waals surface area contributed by atoms with Crippen molar-refractivity contribution in [3.05, 3.63) is 0 Å². The van der Waals surface area contributed by atoms with Crippen LogP contribution in [0.15, 0.2) is 0 Å².